The predicted octanol–water partition coefficient (Wildman–Crippen LogP) is 0.0243. The molecule has 6 nitrogen and oxygen atoms in total. The van der Waals surface area contributed by atoms with Gasteiger partial charge >= 0.3 is 0 Å². The van der Waals surface area contributed by atoms with Crippen molar-refractivity contribution in [1.29, 1.82) is 5.26 Å². The lowest BCUT2D eigenvalue weighted by atomic mass is 10.0. The first-order chi connectivity index (χ1) is 7.51. The first-order valence-electron chi connectivity index (χ1n) is 4.36. The molecule has 1 aromatic rings. The molecule has 0 saturated heterocycles. The van der Waals surface area contributed by atoms with Gasteiger partial charge in [0, 0.05) is 0 Å². The molecule has 2 atom stereocenters. The van der Waals surface area contributed by atoms with Crippen LogP contribution < -0.4 is 4.74 Å². The molecule has 0 aliphatic rings. The Morgan fingerprint density at radius 3 is 2.44 bits per heavy atom. The largest absolute Gasteiger partial charge is 0.504 e. The van der Waals surface area contributed by atoms with E-state index in [9.17, 15) is 15.3 Å². The van der Waals surface area contributed by atoms with E-state index in [1.165, 1.54) is 19.2 Å². The highest BCUT2D eigenvalue weighted by Gasteiger charge is 2.21. The Labute approximate surface area is 91.6 Å². The van der Waals surface area contributed by atoms with E-state index < -0.39 is 23.7 Å². The van der Waals surface area contributed by atoms with Crippen molar-refractivity contribution in [3.63, 3.8) is 0 Å². The Morgan fingerprint density at radius 2 is 1.94 bits per heavy atom. The molecular formula is C10H11NO5. The molecule has 4 N–H and O–H groups in total. The Kier molecular flexibility index (Phi) is 3.55. The number of phenolic OH excluding ortho intramolecular Hbond substituents is 2. The van der Waals surface area contributed by atoms with Crippen LogP contribution in [0.25, 0.3) is 0 Å². The number of phenols is 2. The second-order valence-electron chi connectivity index (χ2n) is 3.11. The van der Waals surface area contributed by atoms with Crippen molar-refractivity contribution in [3.05, 3.63) is 17.7 Å². The Bertz CT molecular complexity index is 426. The standard InChI is InChI=1S/C10H11NO5/c1-16-8-3-5(2-6(12)10(8)15)9(14)7(13)4-11/h2-3,7,9,12-15H,1H3. The number of aliphatic hydroxyl groups is 2. The molecule has 0 aliphatic carbocycles. The summed E-state index contributed by atoms with van der Waals surface area (Å²) in [5.41, 5.74) is 0.0706. The van der Waals surface area contributed by atoms with Gasteiger partial charge in [0.2, 0.25) is 5.75 Å². The zero-order chi connectivity index (χ0) is 12.3. The fourth-order valence-corrected chi connectivity index (χ4v) is 1.19. The normalized spacial score (nSPS) is 13.9. The summed E-state index contributed by atoms with van der Waals surface area (Å²) in [4.78, 5) is 0. The van der Waals surface area contributed by atoms with Gasteiger partial charge in [-0.1, -0.05) is 0 Å². The minimum Gasteiger partial charge on any atom is -0.504 e. The van der Waals surface area contributed by atoms with E-state index in [4.69, 9.17) is 15.1 Å². The summed E-state index contributed by atoms with van der Waals surface area (Å²) in [6.07, 6.45) is -3.10. The van der Waals surface area contributed by atoms with Crippen molar-refractivity contribution in [1.82, 2.24) is 0 Å². The summed E-state index contributed by atoms with van der Waals surface area (Å²) < 4.78 is 4.74. The van der Waals surface area contributed by atoms with Gasteiger partial charge in [0.15, 0.2) is 17.6 Å². The van der Waals surface area contributed by atoms with Crippen LogP contribution in [0, 0.1) is 11.3 Å². The molecule has 1 rings (SSSR count). The van der Waals surface area contributed by atoms with Crippen molar-refractivity contribution >= 4 is 0 Å². The van der Waals surface area contributed by atoms with Gasteiger partial charge < -0.3 is 25.2 Å². The van der Waals surface area contributed by atoms with Gasteiger partial charge in [-0.3, -0.25) is 0 Å². The van der Waals surface area contributed by atoms with Crippen LogP contribution in [0.1, 0.15) is 11.7 Å². The van der Waals surface area contributed by atoms with E-state index in [1.54, 1.807) is 0 Å². The molecule has 0 bridgehead atoms. The zero-order valence-corrected chi connectivity index (χ0v) is 8.45. The maximum Gasteiger partial charge on any atom is 0.200 e. The molecule has 0 spiro atoms. The van der Waals surface area contributed by atoms with E-state index in [0.717, 1.165) is 6.07 Å². The quantitative estimate of drug-likeness (QED) is 0.426. The molecule has 0 heterocycles. The molecule has 0 amide bonds. The average molecular weight is 225 g/mol. The highest BCUT2D eigenvalue weighted by atomic mass is 16.5. The maximum atomic E-state index is 9.50. The molecule has 0 fully saturated rings. The van der Waals surface area contributed by atoms with Crippen molar-refractivity contribution in [2.75, 3.05) is 7.11 Å². The van der Waals surface area contributed by atoms with E-state index >= 15 is 0 Å². The van der Waals surface area contributed by atoms with Crippen molar-refractivity contribution < 1.29 is 25.2 Å². The SMILES string of the molecule is COc1cc(C(O)C(O)C#N)cc(O)c1O. The second-order valence-corrected chi connectivity index (χ2v) is 3.11. The zero-order valence-electron chi connectivity index (χ0n) is 8.45. The van der Waals surface area contributed by atoms with Crippen LogP contribution in [0.5, 0.6) is 17.2 Å². The van der Waals surface area contributed by atoms with Crippen LogP contribution in [-0.2, 0) is 0 Å². The summed E-state index contributed by atoms with van der Waals surface area (Å²) in [7, 11) is 1.27. The topological polar surface area (TPSA) is 114 Å². The summed E-state index contributed by atoms with van der Waals surface area (Å²) >= 11 is 0. The third-order valence-electron chi connectivity index (χ3n) is 2.07. The second kappa shape index (κ2) is 4.70. The number of hydrogen-bond acceptors (Lipinski definition) is 6. The van der Waals surface area contributed by atoms with E-state index in [-0.39, 0.29) is 11.3 Å². The van der Waals surface area contributed by atoms with Crippen LogP contribution >= 0.6 is 0 Å². The lowest BCUT2D eigenvalue weighted by molar-refractivity contribution is 0.0524. The van der Waals surface area contributed by atoms with Crippen molar-refractivity contribution in [2.24, 2.45) is 0 Å². The summed E-state index contributed by atoms with van der Waals surface area (Å²) in [5, 5.41) is 45.7. The Hall–Kier alpha value is -1.97. The first-order valence-corrected chi connectivity index (χ1v) is 4.36. The molecule has 1 aromatic carbocycles. The monoisotopic (exact) mass is 225 g/mol. The number of benzene rings is 1. The molecule has 86 valence electrons. The fraction of sp³-hybridized carbons (Fsp3) is 0.300. The molecule has 0 aliphatic heterocycles. The highest BCUT2D eigenvalue weighted by molar-refractivity contribution is 5.52. The number of aliphatic hydroxyl groups excluding tert-OH is 2. The number of hydrogen-bond donors (Lipinski definition) is 4. The summed E-state index contributed by atoms with van der Waals surface area (Å²) in [6.45, 7) is 0. The van der Waals surface area contributed by atoms with Gasteiger partial charge in [0.1, 0.15) is 6.10 Å². The van der Waals surface area contributed by atoms with Crippen LogP contribution in [0.15, 0.2) is 12.1 Å². The number of ether oxygens (including phenoxy) is 1. The highest BCUT2D eigenvalue weighted by Crippen LogP contribution is 2.38. The predicted molar refractivity (Wildman–Crippen MR) is 52.9 cm³/mol. The minimum absolute atomic E-state index is 0.0563. The number of rotatable bonds is 3. The van der Waals surface area contributed by atoms with Crippen LogP contribution in [0.2, 0.25) is 0 Å². The van der Waals surface area contributed by atoms with Gasteiger partial charge in [-0.2, -0.15) is 5.26 Å². The van der Waals surface area contributed by atoms with Gasteiger partial charge in [-0.15, -0.1) is 0 Å². The lowest BCUT2D eigenvalue weighted by Gasteiger charge is -2.14. The molecule has 2 unspecified atom stereocenters. The molecule has 16 heavy (non-hydrogen) atoms. The van der Waals surface area contributed by atoms with Crippen LogP contribution in [0.3, 0.4) is 0 Å². The number of nitrogens with zero attached hydrogens (tertiary/aromatic N) is 1. The molecule has 6 heteroatoms. The first kappa shape index (κ1) is 12.1. The molecule has 0 aromatic heterocycles. The number of nitriles is 1. The van der Waals surface area contributed by atoms with Gasteiger partial charge in [-0.25, -0.2) is 0 Å². The van der Waals surface area contributed by atoms with Gasteiger partial charge in [-0.05, 0) is 17.7 Å². The smallest absolute Gasteiger partial charge is 0.200 e. The summed E-state index contributed by atoms with van der Waals surface area (Å²) in [6, 6.07) is 3.72. The lowest BCUT2D eigenvalue weighted by Crippen LogP contribution is -2.15. The molecule has 0 radical (unpaired) electrons. The average Bonchev–Trinajstić information content (AvgIpc) is 2.30. The minimum atomic E-state index is -1.62. The van der Waals surface area contributed by atoms with Crippen LogP contribution in [0.4, 0.5) is 0 Å². The molecular weight excluding hydrogens is 214 g/mol. The Morgan fingerprint density at radius 1 is 1.31 bits per heavy atom. The van der Waals surface area contributed by atoms with Crippen molar-refractivity contribution in [3.8, 4) is 23.3 Å². The number of aromatic hydroxyl groups is 2. The van der Waals surface area contributed by atoms with Gasteiger partial charge in [0.25, 0.3) is 0 Å². The van der Waals surface area contributed by atoms with E-state index in [2.05, 4.69) is 0 Å². The van der Waals surface area contributed by atoms with E-state index in [0.29, 0.717) is 0 Å². The molecule has 0 saturated carbocycles. The van der Waals surface area contributed by atoms with Crippen LogP contribution in [-0.4, -0.2) is 33.6 Å². The Balaban J connectivity index is 3.17. The third-order valence-corrected chi connectivity index (χ3v) is 2.07. The van der Waals surface area contributed by atoms with E-state index in [1.807, 2.05) is 0 Å². The van der Waals surface area contributed by atoms with Crippen molar-refractivity contribution in [2.45, 2.75) is 12.2 Å². The maximum absolute atomic E-state index is 9.50. The summed E-state index contributed by atoms with van der Waals surface area (Å²) in [5.74, 6) is -1.03. The third kappa shape index (κ3) is 2.16. The fourth-order valence-electron chi connectivity index (χ4n) is 1.19. The number of methoxy groups -OCH3 is 1. The van der Waals surface area contributed by atoms with Gasteiger partial charge in [0.05, 0.1) is 13.2 Å².